The maximum absolute atomic E-state index is 12.0. The second kappa shape index (κ2) is 8.04. The maximum atomic E-state index is 12.0. The molecule has 0 radical (unpaired) electrons. The SMILES string of the molecule is CCNC1CC(OCCC(F)(F)F)C1OCCOC. The van der Waals surface area contributed by atoms with Crippen LogP contribution in [0.1, 0.15) is 19.8 Å². The van der Waals surface area contributed by atoms with Gasteiger partial charge in [-0.15, -0.1) is 0 Å². The van der Waals surface area contributed by atoms with Gasteiger partial charge in [0.1, 0.15) is 0 Å². The Morgan fingerprint density at radius 3 is 2.47 bits per heavy atom. The molecule has 0 spiro atoms. The van der Waals surface area contributed by atoms with E-state index in [0.29, 0.717) is 19.6 Å². The van der Waals surface area contributed by atoms with E-state index in [4.69, 9.17) is 14.2 Å². The molecule has 1 N–H and O–H groups in total. The van der Waals surface area contributed by atoms with Gasteiger partial charge in [-0.05, 0) is 13.0 Å². The molecule has 0 aliphatic heterocycles. The summed E-state index contributed by atoms with van der Waals surface area (Å²) in [6, 6.07) is 0.151. The van der Waals surface area contributed by atoms with Crippen LogP contribution < -0.4 is 5.32 Å². The first-order valence-electron chi connectivity index (χ1n) is 6.50. The van der Waals surface area contributed by atoms with Crippen LogP contribution in [0.3, 0.4) is 0 Å². The highest BCUT2D eigenvalue weighted by Crippen LogP contribution is 2.28. The van der Waals surface area contributed by atoms with Gasteiger partial charge in [0.25, 0.3) is 0 Å². The van der Waals surface area contributed by atoms with E-state index < -0.39 is 12.6 Å². The number of alkyl halides is 3. The minimum atomic E-state index is -4.17. The third-order valence-electron chi connectivity index (χ3n) is 3.03. The van der Waals surface area contributed by atoms with Gasteiger partial charge < -0.3 is 19.5 Å². The van der Waals surface area contributed by atoms with Crippen LogP contribution in [0.5, 0.6) is 0 Å². The number of rotatable bonds is 9. The minimum absolute atomic E-state index is 0.151. The van der Waals surface area contributed by atoms with Gasteiger partial charge in [0.2, 0.25) is 0 Å². The van der Waals surface area contributed by atoms with Crippen LogP contribution in [0.15, 0.2) is 0 Å². The lowest BCUT2D eigenvalue weighted by Crippen LogP contribution is -2.60. The maximum Gasteiger partial charge on any atom is 0.391 e. The van der Waals surface area contributed by atoms with Crippen molar-refractivity contribution in [2.24, 2.45) is 0 Å². The van der Waals surface area contributed by atoms with E-state index in [0.717, 1.165) is 6.54 Å². The fraction of sp³-hybridized carbons (Fsp3) is 1.00. The Hall–Kier alpha value is -0.370. The summed E-state index contributed by atoms with van der Waals surface area (Å²) >= 11 is 0. The zero-order valence-electron chi connectivity index (χ0n) is 11.3. The largest absolute Gasteiger partial charge is 0.391 e. The first kappa shape index (κ1) is 16.7. The van der Waals surface area contributed by atoms with Gasteiger partial charge in [0, 0.05) is 13.2 Å². The molecule has 1 fully saturated rings. The van der Waals surface area contributed by atoms with Crippen molar-refractivity contribution in [2.45, 2.75) is 44.2 Å². The smallest absolute Gasteiger partial charge is 0.382 e. The van der Waals surface area contributed by atoms with E-state index >= 15 is 0 Å². The second-order valence-electron chi connectivity index (χ2n) is 4.50. The third kappa shape index (κ3) is 6.07. The number of hydrogen-bond donors (Lipinski definition) is 1. The van der Waals surface area contributed by atoms with Crippen LogP contribution in [0.2, 0.25) is 0 Å². The van der Waals surface area contributed by atoms with Crippen LogP contribution in [-0.4, -0.2) is 57.9 Å². The molecule has 1 aliphatic carbocycles. The number of nitrogens with one attached hydrogen (secondary N) is 1. The first-order valence-corrected chi connectivity index (χ1v) is 6.50. The van der Waals surface area contributed by atoms with E-state index in [2.05, 4.69) is 5.32 Å². The van der Waals surface area contributed by atoms with Crippen molar-refractivity contribution in [3.8, 4) is 0 Å². The number of hydrogen-bond acceptors (Lipinski definition) is 4. The van der Waals surface area contributed by atoms with Crippen molar-refractivity contribution in [3.05, 3.63) is 0 Å². The molecule has 3 unspecified atom stereocenters. The lowest BCUT2D eigenvalue weighted by molar-refractivity contribution is -0.180. The average Bonchev–Trinajstić information content (AvgIpc) is 2.31. The quantitative estimate of drug-likeness (QED) is 0.655. The average molecular weight is 285 g/mol. The predicted molar refractivity (Wildman–Crippen MR) is 64.1 cm³/mol. The van der Waals surface area contributed by atoms with E-state index in [1.165, 1.54) is 0 Å². The molecule has 0 bridgehead atoms. The predicted octanol–water partition coefficient (Wildman–Crippen LogP) is 1.74. The van der Waals surface area contributed by atoms with Gasteiger partial charge in [-0.3, -0.25) is 0 Å². The van der Waals surface area contributed by atoms with Gasteiger partial charge in [0.15, 0.2) is 0 Å². The topological polar surface area (TPSA) is 39.7 Å². The summed E-state index contributed by atoms with van der Waals surface area (Å²) in [5, 5.41) is 3.23. The highest BCUT2D eigenvalue weighted by Gasteiger charge is 2.42. The van der Waals surface area contributed by atoms with Crippen LogP contribution in [0.25, 0.3) is 0 Å². The highest BCUT2D eigenvalue weighted by atomic mass is 19.4. The Bertz CT molecular complexity index is 251. The molecule has 7 heteroatoms. The Morgan fingerprint density at radius 2 is 1.89 bits per heavy atom. The Morgan fingerprint density at radius 1 is 1.16 bits per heavy atom. The van der Waals surface area contributed by atoms with Gasteiger partial charge in [0.05, 0.1) is 38.4 Å². The van der Waals surface area contributed by atoms with Crippen molar-refractivity contribution < 1.29 is 27.4 Å². The summed E-state index contributed by atoms with van der Waals surface area (Å²) in [7, 11) is 1.57. The molecule has 4 nitrogen and oxygen atoms in total. The summed E-state index contributed by atoms with van der Waals surface area (Å²) in [4.78, 5) is 0. The fourth-order valence-corrected chi connectivity index (χ4v) is 2.02. The van der Waals surface area contributed by atoms with E-state index in [-0.39, 0.29) is 24.9 Å². The zero-order chi connectivity index (χ0) is 14.3. The summed E-state index contributed by atoms with van der Waals surface area (Å²) < 4.78 is 51.8. The number of ether oxygens (including phenoxy) is 3. The summed E-state index contributed by atoms with van der Waals surface area (Å²) in [5.41, 5.74) is 0. The Kier molecular flexibility index (Phi) is 7.06. The summed E-state index contributed by atoms with van der Waals surface area (Å²) in [5.74, 6) is 0. The molecule has 0 aromatic carbocycles. The fourth-order valence-electron chi connectivity index (χ4n) is 2.02. The van der Waals surface area contributed by atoms with Crippen LogP contribution in [0, 0.1) is 0 Å². The summed E-state index contributed by atoms with van der Waals surface area (Å²) in [6.45, 7) is 3.35. The van der Waals surface area contributed by atoms with E-state index in [1.807, 2.05) is 6.92 Å². The minimum Gasteiger partial charge on any atom is -0.382 e. The molecule has 1 aliphatic rings. The van der Waals surface area contributed by atoms with Crippen LogP contribution >= 0.6 is 0 Å². The first-order chi connectivity index (χ1) is 8.98. The Balaban J connectivity index is 2.27. The summed E-state index contributed by atoms with van der Waals surface area (Å²) in [6.07, 6.45) is -4.85. The van der Waals surface area contributed by atoms with Crippen molar-refractivity contribution in [2.75, 3.05) is 33.5 Å². The monoisotopic (exact) mass is 285 g/mol. The highest BCUT2D eigenvalue weighted by molar-refractivity contribution is 4.97. The third-order valence-corrected chi connectivity index (χ3v) is 3.03. The van der Waals surface area contributed by atoms with E-state index in [9.17, 15) is 13.2 Å². The van der Waals surface area contributed by atoms with Crippen molar-refractivity contribution in [3.63, 3.8) is 0 Å². The number of halogens is 3. The molecule has 114 valence electrons. The molecule has 0 heterocycles. The molecular weight excluding hydrogens is 263 g/mol. The second-order valence-corrected chi connectivity index (χ2v) is 4.50. The number of likely N-dealkylation sites (N-methyl/N-ethyl adjacent to an activating group) is 1. The molecule has 0 aromatic heterocycles. The molecule has 1 rings (SSSR count). The standard InChI is InChI=1S/C12H22F3NO3/c1-3-16-9-8-10(11(9)19-7-6-17-2)18-5-4-12(13,14)15/h9-11,16H,3-8H2,1-2H3. The van der Waals surface area contributed by atoms with Crippen LogP contribution in [0.4, 0.5) is 13.2 Å². The normalized spacial score (nSPS) is 27.3. The molecule has 3 atom stereocenters. The molecule has 0 saturated heterocycles. The zero-order valence-corrected chi connectivity index (χ0v) is 11.3. The molecular formula is C12H22F3NO3. The van der Waals surface area contributed by atoms with Crippen molar-refractivity contribution in [1.29, 1.82) is 0 Å². The van der Waals surface area contributed by atoms with Gasteiger partial charge >= 0.3 is 6.18 Å². The number of methoxy groups -OCH3 is 1. The van der Waals surface area contributed by atoms with Crippen molar-refractivity contribution in [1.82, 2.24) is 5.32 Å². The van der Waals surface area contributed by atoms with Gasteiger partial charge in [-0.2, -0.15) is 13.2 Å². The lowest BCUT2D eigenvalue weighted by atomic mass is 9.85. The molecule has 0 amide bonds. The lowest BCUT2D eigenvalue weighted by Gasteiger charge is -2.44. The molecule has 1 saturated carbocycles. The van der Waals surface area contributed by atoms with Gasteiger partial charge in [-0.1, -0.05) is 6.92 Å². The molecule has 19 heavy (non-hydrogen) atoms. The van der Waals surface area contributed by atoms with E-state index in [1.54, 1.807) is 7.11 Å². The van der Waals surface area contributed by atoms with Crippen LogP contribution in [-0.2, 0) is 14.2 Å². The van der Waals surface area contributed by atoms with Crippen molar-refractivity contribution >= 4 is 0 Å². The Labute approximate surface area is 111 Å². The molecule has 0 aromatic rings. The van der Waals surface area contributed by atoms with Gasteiger partial charge in [-0.25, -0.2) is 0 Å².